The fourth-order valence-electron chi connectivity index (χ4n) is 2.66. The molecule has 1 amide bonds. The van der Waals surface area contributed by atoms with E-state index in [0.29, 0.717) is 16.8 Å². The van der Waals surface area contributed by atoms with E-state index < -0.39 is 0 Å². The van der Waals surface area contributed by atoms with Crippen LogP contribution < -0.4 is 10.6 Å². The van der Waals surface area contributed by atoms with Crippen molar-refractivity contribution in [3.63, 3.8) is 0 Å². The number of nitrogens with one attached hydrogen (secondary N) is 3. The quantitative estimate of drug-likeness (QED) is 0.728. The highest BCUT2D eigenvalue weighted by atomic mass is 16.1. The van der Waals surface area contributed by atoms with E-state index in [-0.39, 0.29) is 11.8 Å². The highest BCUT2D eigenvalue weighted by Crippen LogP contribution is 2.25. The molecule has 0 heterocycles. The molecule has 0 aliphatic carbocycles. The number of hydrogen-bond donors (Lipinski definition) is 3. The molecule has 0 bridgehead atoms. The molecule has 5 nitrogen and oxygen atoms in total. The summed E-state index contributed by atoms with van der Waals surface area (Å²) in [5.74, 6) is -0.185. The van der Waals surface area contributed by atoms with E-state index in [9.17, 15) is 10.1 Å². The molecule has 3 N–H and O–H groups in total. The zero-order chi connectivity index (χ0) is 17.7. The summed E-state index contributed by atoms with van der Waals surface area (Å²) in [6.07, 6.45) is 1.25. The lowest BCUT2D eigenvalue weighted by atomic mass is 9.92. The number of nitrogens with zero attached hydrogens (tertiary/aromatic N) is 1. The Labute approximate surface area is 141 Å². The van der Waals surface area contributed by atoms with Gasteiger partial charge in [0.2, 0.25) is 0 Å². The van der Waals surface area contributed by atoms with Gasteiger partial charge in [0.25, 0.3) is 5.91 Å². The molecule has 0 aliphatic rings. The van der Waals surface area contributed by atoms with Crippen LogP contribution in [0.25, 0.3) is 0 Å². The fraction of sp³-hybridized carbons (Fsp3) is 0.211. The largest absolute Gasteiger partial charge is 0.388 e. The molecule has 24 heavy (non-hydrogen) atoms. The van der Waals surface area contributed by atoms with Crippen LogP contribution in [0.2, 0.25) is 0 Å². The van der Waals surface area contributed by atoms with Gasteiger partial charge in [-0.3, -0.25) is 4.79 Å². The lowest BCUT2D eigenvalue weighted by Crippen LogP contribution is -2.16. The Hall–Kier alpha value is -3.13. The number of anilines is 2. The van der Waals surface area contributed by atoms with E-state index in [2.05, 4.69) is 16.7 Å². The standard InChI is InChI=1S/C19H20N4O/c1-12(2)18-14(11-21)5-4-6-16(18)19(24)23-15-8-7-13(10-20)17(9-15)22-3/h4-10,12,20,22H,1-3H3,(H,23,24). The summed E-state index contributed by atoms with van der Waals surface area (Å²) in [6, 6.07) is 12.6. The molecular formula is C19H20N4O. The van der Waals surface area contributed by atoms with Crippen molar-refractivity contribution in [2.24, 2.45) is 0 Å². The molecule has 122 valence electrons. The maximum Gasteiger partial charge on any atom is 0.255 e. The zero-order valence-corrected chi connectivity index (χ0v) is 14.0. The Bertz CT molecular complexity index is 819. The van der Waals surface area contributed by atoms with Crippen molar-refractivity contribution >= 4 is 23.5 Å². The number of rotatable bonds is 5. The highest BCUT2D eigenvalue weighted by molar-refractivity contribution is 6.06. The van der Waals surface area contributed by atoms with Crippen LogP contribution in [0.1, 0.15) is 46.8 Å². The predicted molar refractivity (Wildman–Crippen MR) is 97.1 cm³/mol. The van der Waals surface area contributed by atoms with Gasteiger partial charge in [0.15, 0.2) is 0 Å². The van der Waals surface area contributed by atoms with E-state index in [0.717, 1.165) is 16.8 Å². The molecule has 0 saturated heterocycles. The van der Waals surface area contributed by atoms with Crippen LogP contribution in [0.15, 0.2) is 36.4 Å². The third-order valence-electron chi connectivity index (χ3n) is 3.78. The Balaban J connectivity index is 2.38. The molecule has 0 unspecified atom stereocenters. The molecule has 0 fully saturated rings. The van der Waals surface area contributed by atoms with Crippen LogP contribution in [-0.2, 0) is 0 Å². The summed E-state index contributed by atoms with van der Waals surface area (Å²) in [4.78, 5) is 12.7. The van der Waals surface area contributed by atoms with Crippen molar-refractivity contribution in [3.05, 3.63) is 58.7 Å². The number of nitriles is 1. The van der Waals surface area contributed by atoms with Crippen LogP contribution in [0.4, 0.5) is 11.4 Å². The third-order valence-corrected chi connectivity index (χ3v) is 3.78. The number of carbonyl (C=O) groups excluding carboxylic acids is 1. The van der Waals surface area contributed by atoms with E-state index >= 15 is 0 Å². The van der Waals surface area contributed by atoms with Gasteiger partial charge >= 0.3 is 0 Å². The summed E-state index contributed by atoms with van der Waals surface area (Å²) in [6.45, 7) is 3.93. The lowest BCUT2D eigenvalue weighted by Gasteiger charge is -2.15. The molecule has 0 atom stereocenters. The van der Waals surface area contributed by atoms with E-state index in [4.69, 9.17) is 5.41 Å². The first kappa shape index (κ1) is 17.2. The summed E-state index contributed by atoms with van der Waals surface area (Å²) >= 11 is 0. The Kier molecular flexibility index (Phi) is 5.33. The minimum Gasteiger partial charge on any atom is -0.388 e. The average molecular weight is 320 g/mol. The van der Waals surface area contributed by atoms with Gasteiger partial charge in [-0.05, 0) is 41.8 Å². The highest BCUT2D eigenvalue weighted by Gasteiger charge is 2.17. The second-order valence-electron chi connectivity index (χ2n) is 5.68. The molecule has 5 heteroatoms. The van der Waals surface area contributed by atoms with Crippen LogP contribution in [-0.4, -0.2) is 19.2 Å². The Morgan fingerprint density at radius 2 is 2.04 bits per heavy atom. The maximum absolute atomic E-state index is 12.7. The van der Waals surface area contributed by atoms with Crippen LogP contribution in [0.3, 0.4) is 0 Å². The Morgan fingerprint density at radius 1 is 1.29 bits per heavy atom. The number of carbonyl (C=O) groups is 1. The minimum absolute atomic E-state index is 0.0646. The monoisotopic (exact) mass is 320 g/mol. The van der Waals surface area contributed by atoms with Crippen LogP contribution in [0.5, 0.6) is 0 Å². The second kappa shape index (κ2) is 7.42. The average Bonchev–Trinajstić information content (AvgIpc) is 2.60. The maximum atomic E-state index is 12.7. The van der Waals surface area contributed by atoms with Crippen molar-refractivity contribution in [1.82, 2.24) is 0 Å². The summed E-state index contributed by atoms with van der Waals surface area (Å²) in [7, 11) is 1.77. The zero-order valence-electron chi connectivity index (χ0n) is 14.0. The molecule has 0 aliphatic heterocycles. The topological polar surface area (TPSA) is 88.8 Å². The first-order chi connectivity index (χ1) is 11.5. The van der Waals surface area contributed by atoms with Crippen LogP contribution in [0, 0.1) is 16.7 Å². The smallest absolute Gasteiger partial charge is 0.255 e. The molecule has 0 spiro atoms. The van der Waals surface area contributed by atoms with Gasteiger partial charge in [0.1, 0.15) is 0 Å². The summed E-state index contributed by atoms with van der Waals surface area (Å²) < 4.78 is 0. The van der Waals surface area contributed by atoms with E-state index in [1.165, 1.54) is 6.21 Å². The summed E-state index contributed by atoms with van der Waals surface area (Å²) in [5.41, 5.74) is 3.91. The molecule has 0 saturated carbocycles. The fourth-order valence-corrected chi connectivity index (χ4v) is 2.66. The van der Waals surface area contributed by atoms with Gasteiger partial charge < -0.3 is 16.0 Å². The first-order valence-electron chi connectivity index (χ1n) is 7.68. The normalized spacial score (nSPS) is 10.1. The molecule has 2 aromatic carbocycles. The number of benzene rings is 2. The molecule has 0 aromatic heterocycles. The van der Waals surface area contributed by atoms with Gasteiger partial charge in [-0.2, -0.15) is 5.26 Å². The SMILES string of the molecule is CNc1cc(NC(=O)c2cccc(C#N)c2C(C)C)ccc1C=N. The van der Waals surface area contributed by atoms with Gasteiger partial charge in [-0.1, -0.05) is 19.9 Å². The third kappa shape index (κ3) is 3.44. The second-order valence-corrected chi connectivity index (χ2v) is 5.68. The number of hydrogen-bond acceptors (Lipinski definition) is 4. The minimum atomic E-state index is -0.250. The molecule has 2 rings (SSSR count). The van der Waals surface area contributed by atoms with Gasteiger partial charge in [0, 0.05) is 35.8 Å². The molecule has 0 radical (unpaired) electrons. The first-order valence-corrected chi connectivity index (χ1v) is 7.68. The van der Waals surface area contributed by atoms with Crippen LogP contribution >= 0.6 is 0 Å². The van der Waals surface area contributed by atoms with Crippen molar-refractivity contribution in [1.29, 1.82) is 10.7 Å². The Morgan fingerprint density at radius 3 is 2.62 bits per heavy atom. The molecule has 2 aromatic rings. The van der Waals surface area contributed by atoms with Crippen molar-refractivity contribution in [3.8, 4) is 6.07 Å². The van der Waals surface area contributed by atoms with E-state index in [1.807, 2.05) is 13.8 Å². The van der Waals surface area contributed by atoms with E-state index in [1.54, 1.807) is 43.4 Å². The summed E-state index contributed by atoms with van der Waals surface area (Å²) in [5, 5.41) is 22.5. The van der Waals surface area contributed by atoms with Crippen molar-refractivity contribution in [2.75, 3.05) is 17.7 Å². The van der Waals surface area contributed by atoms with Gasteiger partial charge in [-0.25, -0.2) is 0 Å². The number of amides is 1. The lowest BCUT2D eigenvalue weighted by molar-refractivity contribution is 0.102. The predicted octanol–water partition coefficient (Wildman–Crippen LogP) is 3.97. The van der Waals surface area contributed by atoms with Gasteiger partial charge in [0.05, 0.1) is 11.6 Å². The molecular weight excluding hydrogens is 300 g/mol. The van der Waals surface area contributed by atoms with Crippen molar-refractivity contribution < 1.29 is 4.79 Å². The van der Waals surface area contributed by atoms with Gasteiger partial charge in [-0.15, -0.1) is 0 Å². The van der Waals surface area contributed by atoms with Crippen molar-refractivity contribution in [2.45, 2.75) is 19.8 Å².